The van der Waals surface area contributed by atoms with Crippen molar-refractivity contribution in [1.29, 1.82) is 0 Å². The molecule has 1 atom stereocenters. The molecule has 2 aromatic heterocycles. The summed E-state index contributed by atoms with van der Waals surface area (Å²) in [5.74, 6) is 1.24. The number of methoxy groups -OCH3 is 1. The van der Waals surface area contributed by atoms with E-state index in [-0.39, 0.29) is 43.5 Å². The number of rotatable bonds is 6. The second-order valence-electron chi connectivity index (χ2n) is 12.1. The molecule has 258 valence electrons. The third-order valence-electron chi connectivity index (χ3n) is 8.86. The van der Waals surface area contributed by atoms with Crippen LogP contribution in [-0.2, 0) is 37.6 Å². The zero-order chi connectivity index (χ0) is 33.7. The first-order valence-corrected chi connectivity index (χ1v) is 20.4. The highest BCUT2D eigenvalue weighted by Crippen LogP contribution is 2.33. The van der Waals surface area contributed by atoms with Crippen LogP contribution in [0.4, 0.5) is 0 Å². The number of hydrogen-bond acceptors (Lipinski definition) is 10. The molecule has 0 radical (unpaired) electrons. The Balaban J connectivity index is 1.22. The number of nitrogens with zero attached hydrogens (tertiary/aromatic N) is 5. The number of sulfonamides is 1. The number of carbonyl (C=O) groups excluding carboxylic acids is 1. The molecule has 2 aromatic carbocycles. The van der Waals surface area contributed by atoms with Gasteiger partial charge in [-0.3, -0.25) is 4.79 Å². The second kappa shape index (κ2) is 14.9. The van der Waals surface area contributed by atoms with Crippen molar-refractivity contribution < 1.29 is 31.1 Å². The maximum absolute atomic E-state index is 13.7. The number of fused-ring (bicyclic) bond motifs is 5. The molecule has 2 bridgehead atoms. The Hall–Kier alpha value is -3.53. The SMILES string of the molecule is COc1ccc2cc1OCCN(S(=O)(=O)C1CCS(=O)(=O)C1)CCCCN(C(=O)CCc1nc3ccccc3s1)CCCn1ccnc1-2. The number of hydrogen-bond donors (Lipinski definition) is 0. The van der Waals surface area contributed by atoms with Crippen molar-refractivity contribution in [3.8, 4) is 22.9 Å². The van der Waals surface area contributed by atoms with Crippen LogP contribution < -0.4 is 9.47 Å². The molecule has 6 rings (SSSR count). The number of thiazole rings is 1. The second-order valence-corrected chi connectivity index (χ2v) is 17.7. The summed E-state index contributed by atoms with van der Waals surface area (Å²) in [4.78, 5) is 24.7. The van der Waals surface area contributed by atoms with Crippen molar-refractivity contribution in [2.75, 3.05) is 51.4 Å². The molecule has 15 heteroatoms. The van der Waals surface area contributed by atoms with Crippen LogP contribution in [0.5, 0.6) is 11.5 Å². The minimum absolute atomic E-state index is 0.0341. The van der Waals surface area contributed by atoms with Gasteiger partial charge in [-0.25, -0.2) is 26.8 Å². The molecule has 0 spiro atoms. The minimum Gasteiger partial charge on any atom is -0.493 e. The lowest BCUT2D eigenvalue weighted by molar-refractivity contribution is -0.131. The molecule has 0 N–H and O–H groups in total. The van der Waals surface area contributed by atoms with Gasteiger partial charge in [-0.15, -0.1) is 11.3 Å². The van der Waals surface area contributed by atoms with Crippen molar-refractivity contribution in [2.45, 2.75) is 50.3 Å². The number of para-hydroxylation sites is 1. The van der Waals surface area contributed by atoms with E-state index in [0.29, 0.717) is 63.2 Å². The largest absolute Gasteiger partial charge is 0.493 e. The highest BCUT2D eigenvalue weighted by Gasteiger charge is 2.40. The summed E-state index contributed by atoms with van der Waals surface area (Å²) in [6.45, 7) is 1.96. The third-order valence-corrected chi connectivity index (χ3v) is 14.3. The summed E-state index contributed by atoms with van der Waals surface area (Å²) in [6.07, 6.45) is 6.42. The number of benzene rings is 2. The van der Waals surface area contributed by atoms with Crippen molar-refractivity contribution in [2.24, 2.45) is 0 Å². The highest BCUT2D eigenvalue weighted by atomic mass is 32.2. The molecule has 0 saturated carbocycles. The molecule has 0 aliphatic carbocycles. The topological polar surface area (TPSA) is 141 Å². The van der Waals surface area contributed by atoms with Crippen LogP contribution in [0, 0.1) is 0 Å². The Kier molecular flexibility index (Phi) is 10.7. The van der Waals surface area contributed by atoms with E-state index in [1.165, 1.54) is 4.31 Å². The lowest BCUT2D eigenvalue weighted by Crippen LogP contribution is -2.42. The Morgan fingerprint density at radius 1 is 1.06 bits per heavy atom. The molecule has 1 unspecified atom stereocenters. The van der Waals surface area contributed by atoms with E-state index in [1.54, 1.807) is 30.7 Å². The van der Waals surface area contributed by atoms with Crippen LogP contribution in [0.3, 0.4) is 0 Å². The highest BCUT2D eigenvalue weighted by molar-refractivity contribution is 7.95. The van der Waals surface area contributed by atoms with Gasteiger partial charge in [-0.1, -0.05) is 12.1 Å². The minimum atomic E-state index is -3.91. The molecular formula is C33H41N5O7S3. The number of carbonyl (C=O) groups is 1. The molecule has 4 heterocycles. The molecule has 1 fully saturated rings. The maximum Gasteiger partial charge on any atom is 0.222 e. The first-order chi connectivity index (χ1) is 23.1. The molecular weight excluding hydrogens is 675 g/mol. The molecule has 48 heavy (non-hydrogen) atoms. The van der Waals surface area contributed by atoms with Crippen LogP contribution in [0.2, 0.25) is 0 Å². The number of sulfone groups is 1. The fraction of sp³-hybridized carbons (Fsp3) is 0.485. The monoisotopic (exact) mass is 715 g/mol. The molecule has 2 aliphatic heterocycles. The van der Waals surface area contributed by atoms with E-state index in [2.05, 4.69) is 14.5 Å². The molecule has 2 aliphatic rings. The Morgan fingerprint density at radius 3 is 2.67 bits per heavy atom. The van der Waals surface area contributed by atoms with Gasteiger partial charge < -0.3 is 18.9 Å². The van der Waals surface area contributed by atoms with E-state index in [1.807, 2.05) is 47.5 Å². The summed E-state index contributed by atoms with van der Waals surface area (Å²) >= 11 is 1.60. The van der Waals surface area contributed by atoms with Crippen LogP contribution in [0.25, 0.3) is 21.6 Å². The average Bonchev–Trinajstić information content (AvgIpc) is 3.81. The van der Waals surface area contributed by atoms with Crippen LogP contribution in [0.15, 0.2) is 54.9 Å². The number of aromatic nitrogens is 3. The number of ether oxygens (including phenoxy) is 2. The summed E-state index contributed by atoms with van der Waals surface area (Å²) < 4.78 is 68.0. The van der Waals surface area contributed by atoms with Crippen molar-refractivity contribution in [3.05, 3.63) is 59.9 Å². The molecule has 12 nitrogen and oxygen atoms in total. The number of amides is 1. The van der Waals surface area contributed by atoms with Gasteiger partial charge in [0.2, 0.25) is 15.9 Å². The van der Waals surface area contributed by atoms with Crippen molar-refractivity contribution in [1.82, 2.24) is 23.7 Å². The van der Waals surface area contributed by atoms with Gasteiger partial charge in [0.25, 0.3) is 0 Å². The number of imidazole rings is 1. The lowest BCUT2D eigenvalue weighted by Gasteiger charge is -2.26. The van der Waals surface area contributed by atoms with E-state index in [0.717, 1.165) is 26.6 Å². The third kappa shape index (κ3) is 8.01. The summed E-state index contributed by atoms with van der Waals surface area (Å²) in [7, 11) is -5.77. The molecule has 1 saturated heterocycles. The van der Waals surface area contributed by atoms with Crippen molar-refractivity contribution in [3.63, 3.8) is 0 Å². The standard InChI is InChI=1S/C33H41N5O7S3/c1-44-28-10-9-25-23-29(28)45-21-20-38(48(42,43)26-13-22-47(40,41)24-26)18-5-4-15-36(16-6-17-37-19-14-34-33(25)37)32(39)12-11-31-35-27-7-2-3-8-30(27)46-31/h2-3,7-10,14,19,23,26H,4-6,11-13,15-18,20-22,24H2,1H3. The van der Waals surface area contributed by atoms with Crippen LogP contribution >= 0.6 is 11.3 Å². The summed E-state index contributed by atoms with van der Waals surface area (Å²) in [6, 6.07) is 13.5. The maximum atomic E-state index is 13.7. The van der Waals surface area contributed by atoms with Gasteiger partial charge >= 0.3 is 0 Å². The van der Waals surface area contributed by atoms with Gasteiger partial charge in [0.15, 0.2) is 21.3 Å². The van der Waals surface area contributed by atoms with Gasteiger partial charge in [0.1, 0.15) is 12.4 Å². The smallest absolute Gasteiger partial charge is 0.222 e. The summed E-state index contributed by atoms with van der Waals surface area (Å²) in [5, 5.41) is -0.0529. The fourth-order valence-electron chi connectivity index (χ4n) is 6.29. The zero-order valence-electron chi connectivity index (χ0n) is 27.0. The van der Waals surface area contributed by atoms with E-state index in [9.17, 15) is 21.6 Å². The summed E-state index contributed by atoms with van der Waals surface area (Å²) in [5.41, 5.74) is 1.75. The van der Waals surface area contributed by atoms with Crippen LogP contribution in [0.1, 0.15) is 37.1 Å². The van der Waals surface area contributed by atoms with Gasteiger partial charge in [-0.2, -0.15) is 4.31 Å². The Labute approximate surface area is 285 Å². The first-order valence-electron chi connectivity index (χ1n) is 16.3. The molecule has 4 aromatic rings. The fourth-order valence-corrected chi connectivity index (χ4v) is 11.8. The normalized spacial score (nSPS) is 19.8. The van der Waals surface area contributed by atoms with Crippen molar-refractivity contribution >= 4 is 47.3 Å². The Morgan fingerprint density at radius 2 is 1.88 bits per heavy atom. The van der Waals surface area contributed by atoms with E-state index >= 15 is 0 Å². The van der Waals surface area contributed by atoms with Gasteiger partial charge in [-0.05, 0) is 56.0 Å². The van der Waals surface area contributed by atoms with Gasteiger partial charge in [0, 0.05) is 63.5 Å². The zero-order valence-corrected chi connectivity index (χ0v) is 29.4. The van der Waals surface area contributed by atoms with E-state index < -0.39 is 25.1 Å². The number of aryl methyl sites for hydroxylation is 2. The molecule has 1 amide bonds. The average molecular weight is 716 g/mol. The lowest BCUT2D eigenvalue weighted by atomic mass is 10.2. The first kappa shape index (κ1) is 34.3. The predicted molar refractivity (Wildman–Crippen MR) is 186 cm³/mol. The quantitative estimate of drug-likeness (QED) is 0.290. The van der Waals surface area contributed by atoms with Gasteiger partial charge in [0.05, 0.1) is 39.1 Å². The predicted octanol–water partition coefficient (Wildman–Crippen LogP) is 4.01. The van der Waals surface area contributed by atoms with Crippen LogP contribution in [-0.4, -0.2) is 103 Å². The Bertz CT molecular complexity index is 1930. The van der Waals surface area contributed by atoms with E-state index in [4.69, 9.17) is 9.47 Å².